The number of hydrogen-bond donors (Lipinski definition) is 3. The number of para-hydroxylation sites is 1. The van der Waals surface area contributed by atoms with Crippen LogP contribution in [-0.2, 0) is 4.79 Å². The summed E-state index contributed by atoms with van der Waals surface area (Å²) in [5.74, 6) is -0.616. The van der Waals surface area contributed by atoms with Gasteiger partial charge in [-0.15, -0.1) is 0 Å². The zero-order valence-electron chi connectivity index (χ0n) is 12.8. The van der Waals surface area contributed by atoms with Crippen LogP contribution in [0.2, 0.25) is 0 Å². The summed E-state index contributed by atoms with van der Waals surface area (Å²) < 4.78 is 0. The molecule has 116 valence electrons. The number of rotatable bonds is 5. The van der Waals surface area contributed by atoms with E-state index in [1.165, 1.54) is 5.56 Å². The lowest BCUT2D eigenvalue weighted by Gasteiger charge is -2.35. The maximum Gasteiger partial charge on any atom is 0.306 e. The number of nitrogens with one attached hydrogen (secondary N) is 1. The van der Waals surface area contributed by atoms with Crippen molar-refractivity contribution in [3.63, 3.8) is 0 Å². The van der Waals surface area contributed by atoms with Crippen LogP contribution >= 0.6 is 0 Å². The molecule has 0 radical (unpaired) electrons. The Balaban J connectivity index is 1.96. The van der Waals surface area contributed by atoms with Gasteiger partial charge in [0.2, 0.25) is 0 Å². The van der Waals surface area contributed by atoms with Crippen LogP contribution in [0.25, 0.3) is 0 Å². The lowest BCUT2D eigenvalue weighted by Crippen LogP contribution is -2.42. The van der Waals surface area contributed by atoms with Gasteiger partial charge in [0.1, 0.15) is 0 Å². The van der Waals surface area contributed by atoms with Gasteiger partial charge in [-0.25, -0.2) is 0 Å². The van der Waals surface area contributed by atoms with E-state index in [4.69, 9.17) is 5.11 Å². The van der Waals surface area contributed by atoms with E-state index < -0.39 is 11.6 Å². The van der Waals surface area contributed by atoms with Crippen molar-refractivity contribution < 1.29 is 15.0 Å². The normalized spacial score (nSPS) is 25.8. The summed E-state index contributed by atoms with van der Waals surface area (Å²) in [5.41, 5.74) is 1.50. The molecule has 0 bridgehead atoms. The Kier molecular flexibility index (Phi) is 4.88. The Morgan fingerprint density at radius 2 is 1.95 bits per heavy atom. The first-order chi connectivity index (χ1) is 9.91. The third-order valence-electron chi connectivity index (χ3n) is 4.46. The molecule has 0 atom stereocenters. The van der Waals surface area contributed by atoms with Crippen LogP contribution in [0.4, 0.5) is 5.69 Å². The number of anilines is 1. The minimum absolute atomic E-state index is 0.298. The predicted octanol–water partition coefficient (Wildman–Crippen LogP) is 3.23. The average molecular weight is 291 g/mol. The molecule has 1 saturated carbocycles. The van der Waals surface area contributed by atoms with E-state index in [2.05, 4.69) is 25.2 Å². The Labute approximate surface area is 126 Å². The summed E-state index contributed by atoms with van der Waals surface area (Å²) in [6.07, 6.45) is 2.19. The monoisotopic (exact) mass is 291 g/mol. The number of carboxylic acids is 1. The molecule has 1 aromatic rings. The Morgan fingerprint density at radius 1 is 1.33 bits per heavy atom. The van der Waals surface area contributed by atoms with Crippen molar-refractivity contribution in [1.82, 2.24) is 0 Å². The fourth-order valence-electron chi connectivity index (χ4n) is 3.00. The van der Waals surface area contributed by atoms with Gasteiger partial charge in [0.05, 0.1) is 11.5 Å². The molecule has 1 aromatic carbocycles. The van der Waals surface area contributed by atoms with E-state index in [-0.39, 0.29) is 5.92 Å². The van der Waals surface area contributed by atoms with Gasteiger partial charge in [0, 0.05) is 12.2 Å². The largest absolute Gasteiger partial charge is 0.481 e. The first kappa shape index (κ1) is 15.8. The van der Waals surface area contributed by atoms with Crippen molar-refractivity contribution in [2.75, 3.05) is 11.9 Å². The molecule has 21 heavy (non-hydrogen) atoms. The zero-order chi connectivity index (χ0) is 15.5. The van der Waals surface area contributed by atoms with Crippen LogP contribution in [0.1, 0.15) is 51.0 Å². The summed E-state index contributed by atoms with van der Waals surface area (Å²) in [7, 11) is 0. The van der Waals surface area contributed by atoms with Crippen LogP contribution in [0, 0.1) is 5.92 Å². The maximum atomic E-state index is 11.0. The Hall–Kier alpha value is -1.55. The highest BCUT2D eigenvalue weighted by Gasteiger charge is 2.35. The lowest BCUT2D eigenvalue weighted by atomic mass is 9.78. The molecule has 0 aromatic heterocycles. The van der Waals surface area contributed by atoms with Crippen molar-refractivity contribution in [1.29, 1.82) is 0 Å². The van der Waals surface area contributed by atoms with E-state index in [1.54, 1.807) is 0 Å². The molecule has 1 aliphatic rings. The molecule has 4 nitrogen and oxygen atoms in total. The van der Waals surface area contributed by atoms with Crippen molar-refractivity contribution in [2.24, 2.45) is 5.92 Å². The fraction of sp³-hybridized carbons (Fsp3) is 0.588. The number of carboxylic acid groups (broad SMARTS) is 1. The van der Waals surface area contributed by atoms with Crippen LogP contribution in [0.5, 0.6) is 0 Å². The predicted molar refractivity (Wildman–Crippen MR) is 83.6 cm³/mol. The van der Waals surface area contributed by atoms with Crippen molar-refractivity contribution in [3.05, 3.63) is 29.8 Å². The number of hydrogen-bond acceptors (Lipinski definition) is 3. The fourth-order valence-corrected chi connectivity index (χ4v) is 3.00. The molecule has 3 N–H and O–H groups in total. The van der Waals surface area contributed by atoms with E-state index in [0.29, 0.717) is 38.1 Å². The molecule has 1 fully saturated rings. The highest BCUT2D eigenvalue weighted by atomic mass is 16.4. The van der Waals surface area contributed by atoms with E-state index in [1.807, 2.05) is 18.2 Å². The highest BCUT2D eigenvalue weighted by Crippen LogP contribution is 2.33. The summed E-state index contributed by atoms with van der Waals surface area (Å²) in [4.78, 5) is 11.0. The average Bonchev–Trinajstić information content (AvgIpc) is 2.46. The van der Waals surface area contributed by atoms with Gasteiger partial charge in [-0.3, -0.25) is 4.79 Å². The Bertz CT molecular complexity index is 491. The van der Waals surface area contributed by atoms with Gasteiger partial charge in [0.15, 0.2) is 0 Å². The topological polar surface area (TPSA) is 69.6 Å². The van der Waals surface area contributed by atoms with Crippen molar-refractivity contribution >= 4 is 11.7 Å². The first-order valence-electron chi connectivity index (χ1n) is 7.69. The number of aliphatic carboxylic acids is 1. The molecule has 1 aliphatic carbocycles. The second kappa shape index (κ2) is 6.48. The van der Waals surface area contributed by atoms with Gasteiger partial charge < -0.3 is 15.5 Å². The van der Waals surface area contributed by atoms with Crippen LogP contribution in [-0.4, -0.2) is 28.3 Å². The lowest BCUT2D eigenvalue weighted by molar-refractivity contribution is -0.144. The van der Waals surface area contributed by atoms with Crippen molar-refractivity contribution in [2.45, 2.75) is 51.0 Å². The number of benzene rings is 1. The van der Waals surface area contributed by atoms with Gasteiger partial charge >= 0.3 is 5.97 Å². The standard InChI is InChI=1S/C17H25NO3/c1-12(2)14-5-3-4-6-15(14)18-11-17(21)9-7-13(8-10-17)16(19)20/h3-6,12-13,18,21H,7-11H2,1-2H3,(H,19,20). The summed E-state index contributed by atoms with van der Waals surface area (Å²) >= 11 is 0. The summed E-state index contributed by atoms with van der Waals surface area (Å²) in [6.45, 7) is 4.77. The molecular weight excluding hydrogens is 266 g/mol. The first-order valence-corrected chi connectivity index (χ1v) is 7.69. The van der Waals surface area contributed by atoms with Gasteiger partial charge in [-0.2, -0.15) is 0 Å². The third-order valence-corrected chi connectivity index (χ3v) is 4.46. The quantitative estimate of drug-likeness (QED) is 0.779. The van der Waals surface area contributed by atoms with Crippen molar-refractivity contribution in [3.8, 4) is 0 Å². The maximum absolute atomic E-state index is 11.0. The molecule has 0 aliphatic heterocycles. The Morgan fingerprint density at radius 3 is 2.52 bits per heavy atom. The molecule has 0 heterocycles. The third kappa shape index (κ3) is 3.97. The molecular formula is C17H25NO3. The van der Waals surface area contributed by atoms with Crippen LogP contribution in [0.3, 0.4) is 0 Å². The van der Waals surface area contributed by atoms with E-state index in [0.717, 1.165) is 5.69 Å². The minimum atomic E-state index is -0.796. The molecule has 2 rings (SSSR count). The number of aliphatic hydroxyl groups is 1. The van der Waals surface area contributed by atoms with E-state index in [9.17, 15) is 9.90 Å². The molecule has 0 amide bonds. The second-order valence-corrected chi connectivity index (χ2v) is 6.43. The van der Waals surface area contributed by atoms with Gasteiger partial charge in [-0.1, -0.05) is 32.0 Å². The molecule has 0 spiro atoms. The zero-order valence-corrected chi connectivity index (χ0v) is 12.8. The summed E-state index contributed by atoms with van der Waals surface area (Å²) in [6, 6.07) is 8.13. The van der Waals surface area contributed by atoms with Crippen LogP contribution in [0.15, 0.2) is 24.3 Å². The SMILES string of the molecule is CC(C)c1ccccc1NCC1(O)CCC(C(=O)O)CC1. The minimum Gasteiger partial charge on any atom is -0.481 e. The smallest absolute Gasteiger partial charge is 0.306 e. The van der Waals surface area contributed by atoms with Gasteiger partial charge in [0.25, 0.3) is 0 Å². The molecule has 0 saturated heterocycles. The number of carbonyl (C=O) groups is 1. The second-order valence-electron chi connectivity index (χ2n) is 6.43. The van der Waals surface area contributed by atoms with E-state index >= 15 is 0 Å². The molecule has 0 unspecified atom stereocenters. The summed E-state index contributed by atoms with van der Waals surface area (Å²) in [5, 5.41) is 23.0. The van der Waals surface area contributed by atoms with Crippen LogP contribution < -0.4 is 5.32 Å². The highest BCUT2D eigenvalue weighted by molar-refractivity contribution is 5.70. The molecule has 4 heteroatoms. The van der Waals surface area contributed by atoms with Gasteiger partial charge in [-0.05, 0) is 43.2 Å².